The predicted molar refractivity (Wildman–Crippen MR) is 91.7 cm³/mol. The maximum atomic E-state index is 6.02. The molecule has 3 N–H and O–H groups in total. The number of nitrogens with one attached hydrogen (secondary N) is 1. The van der Waals surface area contributed by atoms with Crippen molar-refractivity contribution in [3.05, 3.63) is 65.7 Å². The van der Waals surface area contributed by atoms with Gasteiger partial charge in [-0.2, -0.15) is 0 Å². The van der Waals surface area contributed by atoms with Crippen LogP contribution >= 0.6 is 0 Å². The average molecular weight is 282 g/mol. The summed E-state index contributed by atoms with van der Waals surface area (Å²) in [5.74, 6) is 0. The normalized spacial score (nSPS) is 11.4. The maximum absolute atomic E-state index is 6.02. The lowest BCUT2D eigenvalue weighted by molar-refractivity contribution is 0.465. The third-order valence-corrected chi connectivity index (χ3v) is 3.57. The van der Waals surface area contributed by atoms with Crippen LogP contribution in [-0.2, 0) is 6.42 Å². The standard InChI is InChI=1S/C19H26N2/c1-19(2,20)13-8-14-21-18-12-7-6-11-17(18)15-16-9-4-3-5-10-16/h3-7,9-12,21H,8,13-15,20H2,1-2H3. The Kier molecular flexibility index (Phi) is 5.40. The second kappa shape index (κ2) is 7.28. The van der Waals surface area contributed by atoms with Crippen LogP contribution in [0, 0.1) is 0 Å². The zero-order valence-electron chi connectivity index (χ0n) is 13.1. The van der Waals surface area contributed by atoms with Gasteiger partial charge in [0.05, 0.1) is 0 Å². The van der Waals surface area contributed by atoms with Gasteiger partial charge in [-0.15, -0.1) is 0 Å². The second-order valence-electron chi connectivity index (χ2n) is 6.34. The highest BCUT2D eigenvalue weighted by molar-refractivity contribution is 5.52. The molecule has 2 rings (SSSR count). The number of nitrogens with two attached hydrogens (primary N) is 1. The lowest BCUT2D eigenvalue weighted by atomic mass is 10.00. The van der Waals surface area contributed by atoms with E-state index in [4.69, 9.17) is 5.73 Å². The molecule has 0 fully saturated rings. The second-order valence-corrected chi connectivity index (χ2v) is 6.34. The van der Waals surface area contributed by atoms with Crippen LogP contribution in [0.4, 0.5) is 5.69 Å². The van der Waals surface area contributed by atoms with Gasteiger partial charge in [0.1, 0.15) is 0 Å². The van der Waals surface area contributed by atoms with E-state index in [1.165, 1.54) is 16.8 Å². The zero-order valence-corrected chi connectivity index (χ0v) is 13.1. The molecule has 2 nitrogen and oxygen atoms in total. The zero-order chi connectivity index (χ0) is 15.1. The number of hydrogen-bond donors (Lipinski definition) is 2. The lowest BCUT2D eigenvalue weighted by Gasteiger charge is -2.19. The highest BCUT2D eigenvalue weighted by atomic mass is 14.9. The molecule has 2 heteroatoms. The smallest absolute Gasteiger partial charge is 0.0376 e. The molecule has 112 valence electrons. The van der Waals surface area contributed by atoms with Crippen molar-refractivity contribution in [2.75, 3.05) is 11.9 Å². The Balaban J connectivity index is 1.94. The minimum absolute atomic E-state index is 0.0781. The van der Waals surface area contributed by atoms with Gasteiger partial charge in [-0.1, -0.05) is 48.5 Å². The fourth-order valence-corrected chi connectivity index (χ4v) is 2.43. The first kappa shape index (κ1) is 15.6. The van der Waals surface area contributed by atoms with Crippen LogP contribution in [-0.4, -0.2) is 12.1 Å². The highest BCUT2D eigenvalue weighted by Gasteiger charge is 2.09. The van der Waals surface area contributed by atoms with Crippen LogP contribution < -0.4 is 11.1 Å². The van der Waals surface area contributed by atoms with Crippen molar-refractivity contribution in [2.45, 2.75) is 38.6 Å². The first-order chi connectivity index (χ1) is 10.0. The number of anilines is 1. The fourth-order valence-electron chi connectivity index (χ4n) is 2.43. The fraction of sp³-hybridized carbons (Fsp3) is 0.368. The van der Waals surface area contributed by atoms with Gasteiger partial charge >= 0.3 is 0 Å². The highest BCUT2D eigenvalue weighted by Crippen LogP contribution is 2.19. The van der Waals surface area contributed by atoms with Crippen molar-refractivity contribution in [3.63, 3.8) is 0 Å². The minimum atomic E-state index is -0.0781. The first-order valence-electron chi connectivity index (χ1n) is 7.69. The average Bonchev–Trinajstić information content (AvgIpc) is 2.45. The third-order valence-electron chi connectivity index (χ3n) is 3.57. The number of hydrogen-bond acceptors (Lipinski definition) is 2. The summed E-state index contributed by atoms with van der Waals surface area (Å²) in [5, 5.41) is 3.55. The molecular formula is C19H26N2. The Morgan fingerprint density at radius 1 is 0.952 bits per heavy atom. The molecule has 0 aliphatic carbocycles. The van der Waals surface area contributed by atoms with E-state index in [1.807, 2.05) is 0 Å². The quantitative estimate of drug-likeness (QED) is 0.747. The van der Waals surface area contributed by atoms with Gasteiger partial charge in [0, 0.05) is 17.8 Å². The van der Waals surface area contributed by atoms with Crippen LogP contribution in [0.1, 0.15) is 37.8 Å². The van der Waals surface area contributed by atoms with Crippen LogP contribution in [0.25, 0.3) is 0 Å². The Morgan fingerprint density at radius 3 is 2.33 bits per heavy atom. The van der Waals surface area contributed by atoms with Gasteiger partial charge in [0.2, 0.25) is 0 Å². The van der Waals surface area contributed by atoms with Gasteiger partial charge in [-0.05, 0) is 50.3 Å². The molecule has 2 aromatic rings. The van der Waals surface area contributed by atoms with Crippen molar-refractivity contribution >= 4 is 5.69 Å². The van der Waals surface area contributed by atoms with Crippen LogP contribution in [0.3, 0.4) is 0 Å². The largest absolute Gasteiger partial charge is 0.385 e. The molecule has 0 spiro atoms. The number of para-hydroxylation sites is 1. The summed E-state index contributed by atoms with van der Waals surface area (Å²) in [6, 6.07) is 19.1. The van der Waals surface area contributed by atoms with Crippen molar-refractivity contribution in [3.8, 4) is 0 Å². The summed E-state index contributed by atoms with van der Waals surface area (Å²) in [6.07, 6.45) is 3.08. The molecule has 0 heterocycles. The molecule has 21 heavy (non-hydrogen) atoms. The molecule has 2 aromatic carbocycles. The molecule has 0 aliphatic heterocycles. The summed E-state index contributed by atoms with van der Waals surface area (Å²) in [6.45, 7) is 5.12. The molecule has 0 aromatic heterocycles. The minimum Gasteiger partial charge on any atom is -0.385 e. The van der Waals surface area contributed by atoms with Crippen molar-refractivity contribution in [2.24, 2.45) is 5.73 Å². The van der Waals surface area contributed by atoms with E-state index in [0.717, 1.165) is 25.8 Å². The Hall–Kier alpha value is -1.80. The molecule has 0 saturated carbocycles. The lowest BCUT2D eigenvalue weighted by Crippen LogP contribution is -2.32. The Labute approximate surface area is 128 Å². The van der Waals surface area contributed by atoms with Gasteiger partial charge in [0.15, 0.2) is 0 Å². The van der Waals surface area contributed by atoms with E-state index in [2.05, 4.69) is 73.8 Å². The Morgan fingerprint density at radius 2 is 1.62 bits per heavy atom. The van der Waals surface area contributed by atoms with Gasteiger partial charge < -0.3 is 11.1 Å². The summed E-state index contributed by atoms with van der Waals surface area (Å²) in [7, 11) is 0. The SMILES string of the molecule is CC(C)(N)CCCNc1ccccc1Cc1ccccc1. The van der Waals surface area contributed by atoms with E-state index in [-0.39, 0.29) is 5.54 Å². The van der Waals surface area contributed by atoms with Gasteiger partial charge in [-0.3, -0.25) is 0 Å². The topological polar surface area (TPSA) is 38.0 Å². The molecule has 0 unspecified atom stereocenters. The predicted octanol–water partition coefficient (Wildman–Crippen LogP) is 4.21. The van der Waals surface area contributed by atoms with Gasteiger partial charge in [0.25, 0.3) is 0 Å². The monoisotopic (exact) mass is 282 g/mol. The summed E-state index contributed by atoms with van der Waals surface area (Å²) in [4.78, 5) is 0. The van der Waals surface area contributed by atoms with E-state index in [0.29, 0.717) is 0 Å². The number of benzene rings is 2. The molecule has 0 atom stereocenters. The maximum Gasteiger partial charge on any atom is 0.0376 e. The summed E-state index contributed by atoms with van der Waals surface area (Å²) in [5.41, 5.74) is 9.86. The van der Waals surface area contributed by atoms with Gasteiger partial charge in [-0.25, -0.2) is 0 Å². The molecule has 0 radical (unpaired) electrons. The van der Waals surface area contributed by atoms with E-state index in [1.54, 1.807) is 0 Å². The van der Waals surface area contributed by atoms with Crippen LogP contribution in [0.2, 0.25) is 0 Å². The van der Waals surface area contributed by atoms with Crippen molar-refractivity contribution in [1.29, 1.82) is 0 Å². The molecule has 0 saturated heterocycles. The van der Waals surface area contributed by atoms with Crippen LogP contribution in [0.15, 0.2) is 54.6 Å². The molecule has 0 bridgehead atoms. The summed E-state index contributed by atoms with van der Waals surface area (Å²) < 4.78 is 0. The molecule has 0 amide bonds. The molecule has 0 aliphatic rings. The Bertz CT molecular complexity index is 541. The van der Waals surface area contributed by atoms with E-state index in [9.17, 15) is 0 Å². The van der Waals surface area contributed by atoms with Crippen molar-refractivity contribution in [1.82, 2.24) is 0 Å². The summed E-state index contributed by atoms with van der Waals surface area (Å²) >= 11 is 0. The van der Waals surface area contributed by atoms with E-state index >= 15 is 0 Å². The van der Waals surface area contributed by atoms with Crippen LogP contribution in [0.5, 0.6) is 0 Å². The first-order valence-corrected chi connectivity index (χ1v) is 7.69. The number of rotatable bonds is 7. The van der Waals surface area contributed by atoms with Crippen molar-refractivity contribution < 1.29 is 0 Å². The molecular weight excluding hydrogens is 256 g/mol. The van der Waals surface area contributed by atoms with E-state index < -0.39 is 0 Å². The third kappa shape index (κ3) is 5.60.